The molecule has 7 nitrogen and oxygen atoms in total. The van der Waals surface area contributed by atoms with E-state index in [1.807, 2.05) is 28.8 Å². The van der Waals surface area contributed by atoms with Gasteiger partial charge in [-0.2, -0.15) is 0 Å². The first kappa shape index (κ1) is 21.6. The standard InChI is InChI=1S/C25H34N4O3S/c1-24-13-18-5-4-7-25(17-24,15-19(18)14-24)27-23(30)22-26-20(21-6-2-3-8-29(21)22)16-28-9-11-33(31,32)12-10-28/h2-3,6,8,18-19H,4-5,7,9-17H2,1H3,(H,27,30)/t18-,19?,24-,25+/m0/s1. The number of pyridine rings is 1. The van der Waals surface area contributed by atoms with E-state index < -0.39 is 9.84 Å². The van der Waals surface area contributed by atoms with Crippen LogP contribution in [0.25, 0.3) is 5.52 Å². The number of rotatable bonds is 4. The van der Waals surface area contributed by atoms with Crippen molar-refractivity contribution in [2.75, 3.05) is 24.6 Å². The van der Waals surface area contributed by atoms with E-state index in [9.17, 15) is 13.2 Å². The van der Waals surface area contributed by atoms with Gasteiger partial charge < -0.3 is 5.32 Å². The van der Waals surface area contributed by atoms with Crippen LogP contribution >= 0.6 is 0 Å². The Bertz CT molecular complexity index is 1190. The first-order valence-electron chi connectivity index (χ1n) is 12.4. The average molecular weight is 471 g/mol. The van der Waals surface area contributed by atoms with E-state index in [0.29, 0.717) is 30.9 Å². The molecule has 1 N–H and O–H groups in total. The number of hydrogen-bond acceptors (Lipinski definition) is 5. The third-order valence-corrected chi connectivity index (χ3v) is 10.5. The SMILES string of the molecule is C[C@@]12CC3C[C@](NC(=O)c4nc(CN5CCS(=O)(=O)CC5)c5ccccn45)(CCC[C@H]3C1)C2. The second kappa shape index (κ2) is 7.54. The van der Waals surface area contributed by atoms with Gasteiger partial charge in [-0.25, -0.2) is 13.4 Å². The van der Waals surface area contributed by atoms with Crippen molar-refractivity contribution in [3.05, 3.63) is 35.9 Å². The van der Waals surface area contributed by atoms with Crippen LogP contribution in [0.4, 0.5) is 0 Å². The van der Waals surface area contributed by atoms with Gasteiger partial charge in [0.2, 0.25) is 5.82 Å². The van der Waals surface area contributed by atoms with Crippen LogP contribution in [-0.4, -0.2) is 58.7 Å². The molecule has 8 heteroatoms. The predicted octanol–water partition coefficient (Wildman–Crippen LogP) is 3.04. The lowest BCUT2D eigenvalue weighted by atomic mass is 9.66. The Labute approximate surface area is 195 Å². The Morgan fingerprint density at radius 1 is 1.18 bits per heavy atom. The molecule has 3 aliphatic carbocycles. The van der Waals surface area contributed by atoms with Crippen molar-refractivity contribution >= 4 is 21.3 Å². The summed E-state index contributed by atoms with van der Waals surface area (Å²) in [7, 11) is -2.92. The van der Waals surface area contributed by atoms with Crippen molar-refractivity contribution in [1.29, 1.82) is 0 Å². The Hall–Kier alpha value is -1.93. The molecule has 1 amide bonds. The van der Waals surface area contributed by atoms with Crippen molar-refractivity contribution in [3.8, 4) is 0 Å². The highest BCUT2D eigenvalue weighted by Gasteiger charge is 2.55. The molecule has 2 aromatic heterocycles. The molecule has 33 heavy (non-hydrogen) atoms. The van der Waals surface area contributed by atoms with Gasteiger partial charge in [-0.15, -0.1) is 0 Å². The van der Waals surface area contributed by atoms with E-state index in [1.165, 1.54) is 25.7 Å². The number of nitrogens with one attached hydrogen (secondary N) is 1. The lowest BCUT2D eigenvalue weighted by molar-refractivity contribution is 0.0717. The first-order valence-corrected chi connectivity index (χ1v) is 14.3. The number of sulfone groups is 1. The maximum atomic E-state index is 13.7. The lowest BCUT2D eigenvalue weighted by Gasteiger charge is -2.45. The number of hydrogen-bond donors (Lipinski definition) is 1. The summed E-state index contributed by atoms with van der Waals surface area (Å²) < 4.78 is 25.5. The predicted molar refractivity (Wildman–Crippen MR) is 127 cm³/mol. The van der Waals surface area contributed by atoms with Crippen molar-refractivity contribution < 1.29 is 13.2 Å². The lowest BCUT2D eigenvalue weighted by Crippen LogP contribution is -2.53. The highest BCUT2D eigenvalue weighted by Crippen LogP contribution is 2.61. The van der Waals surface area contributed by atoms with Gasteiger partial charge in [-0.1, -0.05) is 25.8 Å². The number of amides is 1. The zero-order valence-electron chi connectivity index (χ0n) is 19.4. The van der Waals surface area contributed by atoms with Gasteiger partial charge in [0.15, 0.2) is 9.84 Å². The number of fused-ring (bicyclic) bond motifs is 3. The number of imidazole rings is 1. The number of carbonyl (C=O) groups excluding carboxylic acids is 1. The first-order chi connectivity index (χ1) is 15.7. The fourth-order valence-corrected chi connectivity index (χ4v) is 8.92. The summed E-state index contributed by atoms with van der Waals surface area (Å²) in [6, 6.07) is 5.89. The summed E-state index contributed by atoms with van der Waals surface area (Å²) in [5.74, 6) is 2.33. The molecule has 3 heterocycles. The highest BCUT2D eigenvalue weighted by molar-refractivity contribution is 7.91. The molecular formula is C25H34N4O3S. The Morgan fingerprint density at radius 3 is 2.79 bits per heavy atom. The van der Waals surface area contributed by atoms with E-state index in [4.69, 9.17) is 4.98 Å². The fraction of sp³-hybridized carbons (Fsp3) is 0.680. The van der Waals surface area contributed by atoms with Crippen LogP contribution in [0, 0.1) is 17.3 Å². The number of nitrogens with zero attached hydrogens (tertiary/aromatic N) is 3. The summed E-state index contributed by atoms with van der Waals surface area (Å²) in [5.41, 5.74) is 2.01. The van der Waals surface area contributed by atoms with Crippen molar-refractivity contribution in [2.24, 2.45) is 17.3 Å². The zero-order chi connectivity index (χ0) is 22.8. The minimum absolute atomic E-state index is 0.0768. The van der Waals surface area contributed by atoms with Crippen molar-refractivity contribution in [2.45, 2.75) is 64.0 Å². The molecule has 3 saturated carbocycles. The van der Waals surface area contributed by atoms with E-state index in [-0.39, 0.29) is 23.0 Å². The molecule has 4 aliphatic rings. The molecule has 178 valence electrons. The van der Waals surface area contributed by atoms with Gasteiger partial charge in [0.25, 0.3) is 5.91 Å². The third kappa shape index (κ3) is 3.89. The number of carbonyl (C=O) groups is 1. The quantitative estimate of drug-likeness (QED) is 0.743. The molecule has 0 spiro atoms. The molecule has 4 fully saturated rings. The molecule has 3 bridgehead atoms. The Balaban J connectivity index is 1.27. The van der Waals surface area contributed by atoms with E-state index in [2.05, 4.69) is 17.1 Å². The van der Waals surface area contributed by atoms with E-state index >= 15 is 0 Å². The largest absolute Gasteiger partial charge is 0.344 e. The molecule has 6 rings (SSSR count). The second-order valence-corrected chi connectivity index (χ2v) is 13.8. The Morgan fingerprint density at radius 2 is 1.97 bits per heavy atom. The zero-order valence-corrected chi connectivity index (χ0v) is 20.2. The van der Waals surface area contributed by atoms with Crippen LogP contribution in [-0.2, 0) is 16.4 Å². The summed E-state index contributed by atoms with van der Waals surface area (Å²) in [6.45, 7) is 4.01. The Kier molecular flexibility index (Phi) is 4.93. The topological polar surface area (TPSA) is 83.8 Å². The summed E-state index contributed by atoms with van der Waals surface area (Å²) in [4.78, 5) is 20.6. The van der Waals surface area contributed by atoms with E-state index in [1.54, 1.807) is 0 Å². The average Bonchev–Trinajstić information content (AvgIpc) is 3.19. The van der Waals surface area contributed by atoms with Gasteiger partial charge in [-0.3, -0.25) is 14.1 Å². The third-order valence-electron chi connectivity index (χ3n) is 8.84. The van der Waals surface area contributed by atoms with Gasteiger partial charge in [0.05, 0.1) is 22.7 Å². The van der Waals surface area contributed by atoms with Crippen molar-refractivity contribution in [1.82, 2.24) is 19.6 Å². The highest BCUT2D eigenvalue weighted by atomic mass is 32.2. The molecular weight excluding hydrogens is 436 g/mol. The molecule has 0 aromatic carbocycles. The molecule has 1 aliphatic heterocycles. The van der Waals surface area contributed by atoms with Gasteiger partial charge in [-0.05, 0) is 61.5 Å². The fourth-order valence-electron chi connectivity index (χ4n) is 7.64. The maximum Gasteiger partial charge on any atom is 0.288 e. The van der Waals surface area contributed by atoms with Crippen LogP contribution in [0.15, 0.2) is 24.4 Å². The smallest absolute Gasteiger partial charge is 0.288 e. The second-order valence-electron chi connectivity index (χ2n) is 11.5. The van der Waals surface area contributed by atoms with Crippen LogP contribution in [0.5, 0.6) is 0 Å². The molecule has 0 radical (unpaired) electrons. The molecule has 4 atom stereocenters. The summed E-state index contributed by atoms with van der Waals surface area (Å²) >= 11 is 0. The van der Waals surface area contributed by atoms with Crippen LogP contribution in [0.1, 0.15) is 68.2 Å². The monoisotopic (exact) mass is 470 g/mol. The van der Waals surface area contributed by atoms with Gasteiger partial charge >= 0.3 is 0 Å². The number of aromatic nitrogens is 2. The minimum Gasteiger partial charge on any atom is -0.344 e. The minimum atomic E-state index is -2.92. The molecule has 2 aromatic rings. The molecule has 1 saturated heterocycles. The summed E-state index contributed by atoms with van der Waals surface area (Å²) in [6.07, 6.45) is 10.3. The van der Waals surface area contributed by atoms with Gasteiger partial charge in [0, 0.05) is 31.4 Å². The van der Waals surface area contributed by atoms with E-state index in [0.717, 1.165) is 42.3 Å². The van der Waals surface area contributed by atoms with Crippen LogP contribution in [0.3, 0.4) is 0 Å². The van der Waals surface area contributed by atoms with Crippen LogP contribution in [0.2, 0.25) is 0 Å². The maximum absolute atomic E-state index is 13.7. The van der Waals surface area contributed by atoms with Crippen molar-refractivity contribution in [3.63, 3.8) is 0 Å². The normalized spacial score (nSPS) is 35.5. The van der Waals surface area contributed by atoms with Crippen LogP contribution < -0.4 is 5.32 Å². The van der Waals surface area contributed by atoms with Gasteiger partial charge in [0.1, 0.15) is 0 Å². The molecule has 1 unspecified atom stereocenters. The summed E-state index contributed by atoms with van der Waals surface area (Å²) in [5, 5.41) is 3.51.